The molecule has 2 aliphatic rings. The summed E-state index contributed by atoms with van der Waals surface area (Å²) in [6, 6.07) is 3.46. The van der Waals surface area contributed by atoms with Gasteiger partial charge in [0.1, 0.15) is 17.3 Å². The van der Waals surface area contributed by atoms with Gasteiger partial charge in [0, 0.05) is 43.2 Å². The molecule has 0 bridgehead atoms. The maximum atomic E-state index is 11.9. The molecule has 3 rings (SSSR count). The van der Waals surface area contributed by atoms with E-state index in [0.29, 0.717) is 17.3 Å². The van der Waals surface area contributed by atoms with Crippen LogP contribution in [0, 0.1) is 5.92 Å². The highest BCUT2D eigenvalue weighted by molar-refractivity contribution is 9.18. The summed E-state index contributed by atoms with van der Waals surface area (Å²) in [5.74, 6) is 1.64. The number of hydrogen-bond donors (Lipinski definition) is 2. The Hall–Kier alpha value is -2.35. The third kappa shape index (κ3) is 4.24. The number of rotatable bonds is 6. The molecule has 1 amide bonds. The minimum Gasteiger partial charge on any atom is -0.456 e. The van der Waals surface area contributed by atoms with Crippen molar-refractivity contribution in [2.75, 3.05) is 12.4 Å². The Labute approximate surface area is 161 Å². The van der Waals surface area contributed by atoms with Gasteiger partial charge in [-0.25, -0.2) is 4.98 Å². The summed E-state index contributed by atoms with van der Waals surface area (Å²) in [6.07, 6.45) is 7.63. The predicted octanol–water partition coefficient (Wildman–Crippen LogP) is 2.97. The second-order valence-electron chi connectivity index (χ2n) is 6.26. The molecule has 0 aromatic carbocycles. The van der Waals surface area contributed by atoms with E-state index in [-0.39, 0.29) is 17.9 Å². The van der Waals surface area contributed by atoms with Gasteiger partial charge in [0.05, 0.1) is 6.04 Å². The molecule has 1 aromatic heterocycles. The van der Waals surface area contributed by atoms with Crippen LogP contribution in [0.3, 0.4) is 0 Å². The van der Waals surface area contributed by atoms with Crippen LogP contribution in [0.15, 0.2) is 47.1 Å². The molecule has 0 spiro atoms. The van der Waals surface area contributed by atoms with Crippen molar-refractivity contribution < 1.29 is 9.53 Å². The number of aromatic nitrogens is 1. The predicted molar refractivity (Wildman–Crippen MR) is 105 cm³/mol. The van der Waals surface area contributed by atoms with E-state index in [4.69, 9.17) is 10.5 Å². The average Bonchev–Trinajstić information content (AvgIpc) is 3.44. The smallest absolute Gasteiger partial charge is 0.228 e. The van der Waals surface area contributed by atoms with Crippen molar-refractivity contribution in [2.45, 2.75) is 32.2 Å². The minimum atomic E-state index is 0.00623. The number of carbonyl (C=O) groups excluding carboxylic acids is 1. The molecule has 1 unspecified atom stereocenters. The quantitative estimate of drug-likeness (QED) is 0.545. The largest absolute Gasteiger partial charge is 0.456 e. The van der Waals surface area contributed by atoms with Crippen molar-refractivity contribution in [3.8, 4) is 5.75 Å². The Morgan fingerprint density at radius 2 is 2.31 bits per heavy atom. The number of carbonyl (C=O) groups is 1. The topological polar surface area (TPSA) is 92.8 Å². The van der Waals surface area contributed by atoms with Crippen LogP contribution in [0.4, 0.5) is 5.82 Å². The summed E-state index contributed by atoms with van der Waals surface area (Å²) in [7, 11) is 1.93. The van der Waals surface area contributed by atoms with Gasteiger partial charge in [-0.1, -0.05) is 6.92 Å². The Morgan fingerprint density at radius 3 is 2.96 bits per heavy atom. The van der Waals surface area contributed by atoms with Gasteiger partial charge in [-0.3, -0.25) is 9.79 Å². The number of likely N-dealkylation sites (N-methyl/N-ethyl adjacent to an activating group) is 1. The van der Waals surface area contributed by atoms with Crippen LogP contribution in [-0.2, 0) is 4.79 Å². The molecule has 0 radical (unpaired) electrons. The number of hydrogen-bond acceptors (Lipinski definition) is 6. The SMILES string of the molecule is CCC1N=C(Br)N(C)/C1=C/C(=C\N)Oc1ccnc(NC(=O)C2CC2)c1. The van der Waals surface area contributed by atoms with Gasteiger partial charge in [-0.2, -0.15) is 0 Å². The molecule has 1 aromatic rings. The Balaban J connectivity index is 1.72. The molecule has 0 saturated heterocycles. The first-order chi connectivity index (χ1) is 12.5. The highest BCUT2D eigenvalue weighted by atomic mass is 79.9. The van der Waals surface area contributed by atoms with E-state index < -0.39 is 0 Å². The minimum absolute atomic E-state index is 0.00623. The zero-order valence-electron chi connectivity index (χ0n) is 14.8. The molecule has 1 saturated carbocycles. The van der Waals surface area contributed by atoms with Gasteiger partial charge in [-0.15, -0.1) is 0 Å². The molecule has 138 valence electrons. The lowest BCUT2D eigenvalue weighted by Crippen LogP contribution is -2.20. The van der Waals surface area contributed by atoms with Crippen molar-refractivity contribution in [3.05, 3.63) is 42.1 Å². The highest BCUT2D eigenvalue weighted by Gasteiger charge is 2.30. The summed E-state index contributed by atoms with van der Waals surface area (Å²) < 4.78 is 6.65. The maximum Gasteiger partial charge on any atom is 0.228 e. The van der Waals surface area contributed by atoms with Gasteiger partial charge in [0.25, 0.3) is 0 Å². The number of nitrogens with two attached hydrogens (primary N) is 1. The Bertz CT molecular complexity index is 786. The Morgan fingerprint density at radius 1 is 1.54 bits per heavy atom. The molecule has 1 fully saturated rings. The highest BCUT2D eigenvalue weighted by Crippen LogP contribution is 2.30. The van der Waals surface area contributed by atoms with Gasteiger partial charge in [-0.05, 0) is 41.3 Å². The van der Waals surface area contributed by atoms with Crippen molar-refractivity contribution >= 4 is 32.4 Å². The summed E-state index contributed by atoms with van der Waals surface area (Å²) in [5.41, 5.74) is 6.74. The van der Waals surface area contributed by atoms with E-state index in [1.807, 2.05) is 18.0 Å². The normalized spacial score (nSPS) is 21.7. The lowest BCUT2D eigenvalue weighted by molar-refractivity contribution is -0.117. The molecule has 26 heavy (non-hydrogen) atoms. The van der Waals surface area contributed by atoms with Gasteiger partial charge < -0.3 is 20.7 Å². The fraction of sp³-hybridized carbons (Fsp3) is 0.389. The summed E-state index contributed by atoms with van der Waals surface area (Å²) in [5, 5.41) is 2.81. The van der Waals surface area contributed by atoms with Crippen LogP contribution in [-0.4, -0.2) is 33.6 Å². The van der Waals surface area contributed by atoms with Crippen LogP contribution < -0.4 is 15.8 Å². The molecule has 8 heteroatoms. The average molecular weight is 420 g/mol. The van der Waals surface area contributed by atoms with E-state index in [9.17, 15) is 4.79 Å². The number of pyridine rings is 1. The first kappa shape index (κ1) is 18.4. The summed E-state index contributed by atoms with van der Waals surface area (Å²) in [4.78, 5) is 22.5. The first-order valence-electron chi connectivity index (χ1n) is 8.57. The van der Waals surface area contributed by atoms with E-state index in [1.54, 1.807) is 18.3 Å². The number of amidine groups is 1. The van der Waals surface area contributed by atoms with Crippen LogP contribution in [0.2, 0.25) is 0 Å². The van der Waals surface area contributed by atoms with E-state index in [1.165, 1.54) is 6.20 Å². The van der Waals surface area contributed by atoms with Crippen LogP contribution in [0.1, 0.15) is 26.2 Å². The maximum absolute atomic E-state index is 11.9. The molecular weight excluding hydrogens is 398 g/mol. The molecule has 3 N–H and O–H groups in total. The van der Waals surface area contributed by atoms with Gasteiger partial charge in [0.2, 0.25) is 5.91 Å². The molecule has 1 atom stereocenters. The number of anilines is 1. The third-order valence-corrected chi connectivity index (χ3v) is 5.01. The Kier molecular flexibility index (Phi) is 5.61. The standard InChI is InChI=1S/C18H22BrN5O2/c1-3-14-15(24(2)18(19)22-14)8-13(10-20)26-12-6-7-21-16(9-12)23-17(25)11-4-5-11/h6-11,14H,3-5,20H2,1-2H3,(H,21,23,25)/b13-10+,15-8+. The number of nitrogens with zero attached hydrogens (tertiary/aromatic N) is 3. The molecule has 7 nitrogen and oxygen atoms in total. The monoisotopic (exact) mass is 419 g/mol. The number of aliphatic imine (C=N–C) groups is 1. The molecule has 1 aliphatic carbocycles. The summed E-state index contributed by atoms with van der Waals surface area (Å²) in [6.45, 7) is 2.08. The number of halogens is 1. The lowest BCUT2D eigenvalue weighted by atomic mass is 10.1. The van der Waals surface area contributed by atoms with Crippen molar-refractivity contribution in [1.29, 1.82) is 0 Å². The number of amides is 1. The zero-order chi connectivity index (χ0) is 18.7. The van der Waals surface area contributed by atoms with Crippen molar-refractivity contribution in [2.24, 2.45) is 16.6 Å². The van der Waals surface area contributed by atoms with Crippen LogP contribution in [0.25, 0.3) is 0 Å². The van der Waals surface area contributed by atoms with Crippen molar-refractivity contribution in [1.82, 2.24) is 9.88 Å². The zero-order valence-corrected chi connectivity index (χ0v) is 16.4. The van der Waals surface area contributed by atoms with E-state index in [2.05, 4.69) is 38.1 Å². The number of ether oxygens (including phenoxy) is 1. The van der Waals surface area contributed by atoms with E-state index in [0.717, 1.165) is 29.7 Å². The second kappa shape index (κ2) is 7.90. The van der Waals surface area contributed by atoms with Gasteiger partial charge >= 0.3 is 0 Å². The molecule has 2 heterocycles. The van der Waals surface area contributed by atoms with Crippen LogP contribution >= 0.6 is 15.9 Å². The fourth-order valence-corrected chi connectivity index (χ4v) is 3.07. The van der Waals surface area contributed by atoms with Crippen LogP contribution in [0.5, 0.6) is 5.75 Å². The molecule has 1 aliphatic heterocycles. The lowest BCUT2D eigenvalue weighted by Gasteiger charge is -2.17. The molecular formula is C18H22BrN5O2. The second-order valence-corrected chi connectivity index (χ2v) is 6.97. The van der Waals surface area contributed by atoms with E-state index >= 15 is 0 Å². The first-order valence-corrected chi connectivity index (χ1v) is 9.36. The van der Waals surface area contributed by atoms with Gasteiger partial charge in [0.15, 0.2) is 4.74 Å². The fourth-order valence-electron chi connectivity index (χ4n) is 2.62. The summed E-state index contributed by atoms with van der Waals surface area (Å²) >= 11 is 3.45. The third-order valence-electron chi connectivity index (χ3n) is 4.28. The number of allylic oxidation sites excluding steroid dienone is 1. The number of nitrogens with one attached hydrogen (secondary N) is 1. The van der Waals surface area contributed by atoms with Crippen molar-refractivity contribution in [3.63, 3.8) is 0 Å².